The van der Waals surface area contributed by atoms with Crippen LogP contribution >= 0.6 is 23.1 Å². The van der Waals surface area contributed by atoms with E-state index in [0.29, 0.717) is 22.9 Å². The van der Waals surface area contributed by atoms with Crippen LogP contribution < -0.4 is 10.9 Å². The zero-order valence-corrected chi connectivity index (χ0v) is 17.5. The van der Waals surface area contributed by atoms with E-state index in [4.69, 9.17) is 0 Å². The Bertz CT molecular complexity index is 1040. The van der Waals surface area contributed by atoms with Crippen molar-refractivity contribution in [1.82, 2.24) is 15.3 Å². The molecular formula is C21H23N3O2S2. The molecule has 0 bridgehead atoms. The van der Waals surface area contributed by atoms with Crippen LogP contribution in [0.4, 0.5) is 0 Å². The molecule has 1 aliphatic rings. The monoisotopic (exact) mass is 413 g/mol. The number of hydrogen-bond acceptors (Lipinski definition) is 5. The summed E-state index contributed by atoms with van der Waals surface area (Å²) >= 11 is 2.97. The minimum absolute atomic E-state index is 0.0512. The van der Waals surface area contributed by atoms with Crippen LogP contribution in [-0.4, -0.2) is 27.2 Å². The highest BCUT2D eigenvalue weighted by molar-refractivity contribution is 7.99. The number of hydrogen-bond donors (Lipinski definition) is 2. The first kappa shape index (κ1) is 19.2. The second kappa shape index (κ2) is 8.09. The van der Waals surface area contributed by atoms with Crippen LogP contribution in [0, 0.1) is 5.92 Å². The lowest BCUT2D eigenvalue weighted by molar-refractivity contribution is -0.121. The molecule has 0 spiro atoms. The smallest absolute Gasteiger partial charge is 0.260 e. The van der Waals surface area contributed by atoms with Crippen molar-refractivity contribution in [3.05, 3.63) is 51.9 Å². The molecule has 1 fully saturated rings. The van der Waals surface area contributed by atoms with Crippen LogP contribution in [0.25, 0.3) is 21.3 Å². The summed E-state index contributed by atoms with van der Waals surface area (Å²) < 4.78 is 0. The molecule has 28 heavy (non-hydrogen) atoms. The second-order valence-corrected chi connectivity index (χ2v) is 9.48. The van der Waals surface area contributed by atoms with Gasteiger partial charge in [0.05, 0.1) is 16.4 Å². The van der Waals surface area contributed by atoms with E-state index in [-0.39, 0.29) is 22.8 Å². The van der Waals surface area contributed by atoms with Crippen LogP contribution in [0.5, 0.6) is 0 Å². The molecule has 1 saturated carbocycles. The predicted molar refractivity (Wildman–Crippen MR) is 117 cm³/mol. The number of aromatic amines is 1. The molecule has 0 saturated heterocycles. The highest BCUT2D eigenvalue weighted by Gasteiger charge is 2.29. The van der Waals surface area contributed by atoms with Crippen LogP contribution in [-0.2, 0) is 10.5 Å². The van der Waals surface area contributed by atoms with E-state index in [2.05, 4.69) is 22.2 Å². The molecule has 2 heterocycles. The van der Waals surface area contributed by atoms with Crippen molar-refractivity contribution in [3.63, 3.8) is 0 Å². The lowest BCUT2D eigenvalue weighted by Crippen LogP contribution is -2.38. The quantitative estimate of drug-likeness (QED) is 0.609. The van der Waals surface area contributed by atoms with Crippen molar-refractivity contribution < 1.29 is 4.79 Å². The van der Waals surface area contributed by atoms with Gasteiger partial charge in [0.2, 0.25) is 5.91 Å². The number of carbonyl (C=O) groups excluding carboxylic acids is 1. The molecule has 1 aromatic carbocycles. The minimum atomic E-state index is -0.189. The Labute approximate surface area is 172 Å². The maximum Gasteiger partial charge on any atom is 0.260 e. The number of fused-ring (bicyclic) bond motifs is 1. The topological polar surface area (TPSA) is 74.8 Å². The molecule has 2 unspecified atom stereocenters. The van der Waals surface area contributed by atoms with Gasteiger partial charge in [-0.3, -0.25) is 9.59 Å². The predicted octanol–water partition coefficient (Wildman–Crippen LogP) is 4.19. The second-order valence-electron chi connectivity index (χ2n) is 7.30. The lowest BCUT2D eigenvalue weighted by Gasteiger charge is -2.16. The first-order valence-electron chi connectivity index (χ1n) is 9.50. The number of thiophene rings is 1. The normalized spacial score (nSPS) is 16.1. The number of nitrogens with zero attached hydrogens (tertiary/aromatic N) is 1. The van der Waals surface area contributed by atoms with Crippen LogP contribution in [0.2, 0.25) is 0 Å². The maximum atomic E-state index is 12.7. The van der Waals surface area contributed by atoms with Gasteiger partial charge in [-0.25, -0.2) is 4.98 Å². The van der Waals surface area contributed by atoms with E-state index in [0.717, 1.165) is 16.0 Å². The molecule has 5 nitrogen and oxygen atoms in total. The van der Waals surface area contributed by atoms with Gasteiger partial charge in [0, 0.05) is 17.0 Å². The van der Waals surface area contributed by atoms with Crippen molar-refractivity contribution in [1.29, 1.82) is 0 Å². The number of nitrogens with one attached hydrogen (secondary N) is 2. The molecular weight excluding hydrogens is 390 g/mol. The molecule has 2 aromatic heterocycles. The average Bonchev–Trinajstić information content (AvgIpc) is 3.46. The SMILES string of the molecule is CC(SCc1nc2scc(-c3ccccc3)c2c(=O)[nH]1)C(=O)NC(C)C1CC1. The molecule has 2 N–H and O–H groups in total. The Hall–Kier alpha value is -2.12. The summed E-state index contributed by atoms with van der Waals surface area (Å²) in [5.74, 6) is 1.80. The van der Waals surface area contributed by atoms with E-state index in [1.165, 1.54) is 35.9 Å². The molecule has 146 valence electrons. The molecule has 0 radical (unpaired) electrons. The zero-order chi connectivity index (χ0) is 19.7. The summed E-state index contributed by atoms with van der Waals surface area (Å²) in [7, 11) is 0. The Balaban J connectivity index is 1.46. The van der Waals surface area contributed by atoms with Crippen LogP contribution in [0.1, 0.15) is 32.5 Å². The number of rotatable bonds is 7. The van der Waals surface area contributed by atoms with Gasteiger partial charge in [0.25, 0.3) is 5.56 Å². The van der Waals surface area contributed by atoms with E-state index in [1.54, 1.807) is 0 Å². The number of thioether (sulfide) groups is 1. The minimum Gasteiger partial charge on any atom is -0.352 e. The van der Waals surface area contributed by atoms with Gasteiger partial charge in [-0.15, -0.1) is 23.1 Å². The van der Waals surface area contributed by atoms with E-state index in [9.17, 15) is 9.59 Å². The standard InChI is InChI=1S/C21H23N3O2S2/c1-12(14-8-9-14)22-19(25)13(2)27-11-17-23-20(26)18-16(10-28-21(18)24-17)15-6-4-3-5-7-15/h3-7,10,12-14H,8-9,11H2,1-2H3,(H,22,25)(H,23,24,26). The summed E-state index contributed by atoms with van der Waals surface area (Å²) in [6, 6.07) is 10.1. The Morgan fingerprint density at radius 1 is 1.32 bits per heavy atom. The fourth-order valence-corrected chi connectivity index (χ4v) is 4.96. The number of amides is 1. The average molecular weight is 414 g/mol. The van der Waals surface area contributed by atoms with Gasteiger partial charge in [-0.2, -0.15) is 0 Å². The van der Waals surface area contributed by atoms with Crippen molar-refractivity contribution in [2.75, 3.05) is 0 Å². The van der Waals surface area contributed by atoms with E-state index in [1.807, 2.05) is 42.6 Å². The molecule has 7 heteroatoms. The first-order chi connectivity index (χ1) is 13.5. The van der Waals surface area contributed by atoms with Gasteiger partial charge in [-0.05, 0) is 38.2 Å². The number of carbonyl (C=O) groups is 1. The van der Waals surface area contributed by atoms with Gasteiger partial charge in [0.1, 0.15) is 10.7 Å². The largest absolute Gasteiger partial charge is 0.352 e. The Kier molecular flexibility index (Phi) is 5.55. The third kappa shape index (κ3) is 4.15. The number of benzene rings is 1. The van der Waals surface area contributed by atoms with Crippen LogP contribution in [0.15, 0.2) is 40.5 Å². The van der Waals surface area contributed by atoms with Crippen molar-refractivity contribution in [2.24, 2.45) is 5.92 Å². The van der Waals surface area contributed by atoms with Crippen molar-refractivity contribution >= 4 is 39.2 Å². The third-order valence-electron chi connectivity index (χ3n) is 5.12. The summed E-state index contributed by atoms with van der Waals surface area (Å²) in [5.41, 5.74) is 1.80. The summed E-state index contributed by atoms with van der Waals surface area (Å²) in [5, 5.41) is 5.51. The fraction of sp³-hybridized carbons (Fsp3) is 0.381. The first-order valence-corrected chi connectivity index (χ1v) is 11.4. The zero-order valence-electron chi connectivity index (χ0n) is 15.9. The maximum absolute atomic E-state index is 12.7. The third-order valence-corrected chi connectivity index (χ3v) is 7.14. The molecule has 3 aromatic rings. The Morgan fingerprint density at radius 3 is 2.79 bits per heavy atom. The number of aromatic nitrogens is 2. The Morgan fingerprint density at radius 2 is 2.07 bits per heavy atom. The van der Waals surface area contributed by atoms with Crippen molar-refractivity contribution in [3.8, 4) is 11.1 Å². The van der Waals surface area contributed by atoms with Gasteiger partial charge < -0.3 is 10.3 Å². The number of H-pyrrole nitrogens is 1. The van der Waals surface area contributed by atoms with Crippen LogP contribution in [0.3, 0.4) is 0 Å². The van der Waals surface area contributed by atoms with Gasteiger partial charge in [0.15, 0.2) is 0 Å². The lowest BCUT2D eigenvalue weighted by atomic mass is 10.1. The van der Waals surface area contributed by atoms with E-state index < -0.39 is 0 Å². The highest BCUT2D eigenvalue weighted by atomic mass is 32.2. The summed E-state index contributed by atoms with van der Waals surface area (Å²) in [6.07, 6.45) is 2.42. The summed E-state index contributed by atoms with van der Waals surface area (Å²) in [6.45, 7) is 3.97. The highest BCUT2D eigenvalue weighted by Crippen LogP contribution is 2.33. The summed E-state index contributed by atoms with van der Waals surface area (Å²) in [4.78, 5) is 33.3. The van der Waals surface area contributed by atoms with E-state index >= 15 is 0 Å². The molecule has 0 aliphatic heterocycles. The van der Waals surface area contributed by atoms with Gasteiger partial charge >= 0.3 is 0 Å². The molecule has 1 aliphatic carbocycles. The molecule has 2 atom stereocenters. The molecule has 1 amide bonds. The fourth-order valence-electron chi connectivity index (χ4n) is 3.23. The molecule has 4 rings (SSSR count). The van der Waals surface area contributed by atoms with Gasteiger partial charge in [-0.1, -0.05) is 30.3 Å². The van der Waals surface area contributed by atoms with Crippen molar-refractivity contribution in [2.45, 2.75) is 43.7 Å².